The Balaban J connectivity index is 2.08. The van der Waals surface area contributed by atoms with E-state index in [2.05, 4.69) is 4.90 Å². The lowest BCUT2D eigenvalue weighted by molar-refractivity contribution is -0.138. The van der Waals surface area contributed by atoms with Gasteiger partial charge in [-0.3, -0.25) is 4.79 Å². The lowest BCUT2D eigenvalue weighted by Gasteiger charge is -2.22. The maximum atomic E-state index is 10.8. The van der Waals surface area contributed by atoms with Crippen molar-refractivity contribution in [2.24, 2.45) is 11.7 Å². The molecule has 0 bridgehead atoms. The quantitative estimate of drug-likeness (QED) is 0.823. The minimum absolute atomic E-state index is 0.284. The first-order chi connectivity index (χ1) is 10.0. The molecule has 0 aliphatic carbocycles. The molecular formula is C15H22N2O4. The molecule has 2 rings (SSSR count). The summed E-state index contributed by atoms with van der Waals surface area (Å²) >= 11 is 0. The molecule has 0 radical (unpaired) electrons. The Kier molecular flexibility index (Phi) is 4.90. The Hall–Kier alpha value is -1.95. The molecule has 1 aromatic rings. The van der Waals surface area contributed by atoms with E-state index in [9.17, 15) is 4.79 Å². The molecule has 1 aromatic carbocycles. The number of aliphatic carboxylic acids is 1. The summed E-state index contributed by atoms with van der Waals surface area (Å²) in [6.07, 6.45) is 1.43. The van der Waals surface area contributed by atoms with E-state index in [0.29, 0.717) is 6.42 Å². The Morgan fingerprint density at radius 1 is 1.48 bits per heavy atom. The minimum atomic E-state index is -0.938. The smallest absolute Gasteiger partial charge is 0.320 e. The largest absolute Gasteiger partial charge is 0.497 e. The third kappa shape index (κ3) is 3.58. The molecule has 1 aliphatic heterocycles. The Bertz CT molecular complexity index is 506. The molecule has 1 fully saturated rings. The SMILES string of the molecule is COc1ccc(OC)c(N2CCC(CC(N)C(=O)O)C2)c1. The molecule has 116 valence electrons. The topological polar surface area (TPSA) is 85.0 Å². The number of hydrogen-bond acceptors (Lipinski definition) is 5. The number of carboxylic acids is 1. The second-order valence-electron chi connectivity index (χ2n) is 5.32. The number of methoxy groups -OCH3 is 2. The fourth-order valence-corrected chi connectivity index (χ4v) is 2.75. The molecule has 6 nitrogen and oxygen atoms in total. The first-order valence-corrected chi connectivity index (χ1v) is 7.00. The molecule has 3 N–H and O–H groups in total. The highest BCUT2D eigenvalue weighted by Crippen LogP contribution is 2.36. The maximum Gasteiger partial charge on any atom is 0.320 e. The number of benzene rings is 1. The molecule has 1 aliphatic rings. The van der Waals surface area contributed by atoms with Crippen LogP contribution in [0.5, 0.6) is 11.5 Å². The van der Waals surface area contributed by atoms with Crippen LogP contribution in [0.4, 0.5) is 5.69 Å². The van der Waals surface area contributed by atoms with Crippen molar-refractivity contribution in [2.45, 2.75) is 18.9 Å². The van der Waals surface area contributed by atoms with Crippen molar-refractivity contribution >= 4 is 11.7 Å². The van der Waals surface area contributed by atoms with Crippen LogP contribution < -0.4 is 20.1 Å². The van der Waals surface area contributed by atoms with Crippen LogP contribution in [0, 0.1) is 5.92 Å². The van der Waals surface area contributed by atoms with Gasteiger partial charge in [0, 0.05) is 19.2 Å². The summed E-state index contributed by atoms with van der Waals surface area (Å²) in [6.45, 7) is 1.64. The van der Waals surface area contributed by atoms with Crippen LogP contribution in [0.25, 0.3) is 0 Å². The summed E-state index contributed by atoms with van der Waals surface area (Å²) in [5.74, 6) is 0.912. The van der Waals surface area contributed by atoms with Gasteiger partial charge in [0.2, 0.25) is 0 Å². The van der Waals surface area contributed by atoms with E-state index < -0.39 is 12.0 Å². The second kappa shape index (κ2) is 6.67. The summed E-state index contributed by atoms with van der Waals surface area (Å²) in [6, 6.07) is 4.89. The normalized spacial score (nSPS) is 19.4. The number of ether oxygens (including phenoxy) is 2. The summed E-state index contributed by atoms with van der Waals surface area (Å²) in [5.41, 5.74) is 6.59. The van der Waals surface area contributed by atoms with E-state index in [-0.39, 0.29) is 5.92 Å². The van der Waals surface area contributed by atoms with Crippen molar-refractivity contribution in [3.05, 3.63) is 18.2 Å². The van der Waals surface area contributed by atoms with Crippen molar-refractivity contribution in [1.29, 1.82) is 0 Å². The van der Waals surface area contributed by atoms with Crippen LogP contribution in [0.1, 0.15) is 12.8 Å². The standard InChI is InChI=1S/C15H22N2O4/c1-20-11-3-4-14(21-2)13(8-11)17-6-5-10(9-17)7-12(16)15(18)19/h3-4,8,10,12H,5-7,9,16H2,1-2H3,(H,18,19). The highest BCUT2D eigenvalue weighted by molar-refractivity contribution is 5.73. The van der Waals surface area contributed by atoms with E-state index in [4.69, 9.17) is 20.3 Å². The molecule has 1 saturated heterocycles. The molecule has 2 unspecified atom stereocenters. The summed E-state index contributed by atoms with van der Waals surface area (Å²) < 4.78 is 10.7. The first-order valence-electron chi connectivity index (χ1n) is 7.00. The lowest BCUT2D eigenvalue weighted by atomic mass is 10.00. The zero-order chi connectivity index (χ0) is 15.4. The zero-order valence-electron chi connectivity index (χ0n) is 12.4. The molecule has 6 heteroatoms. The average Bonchev–Trinajstić information content (AvgIpc) is 2.94. The predicted molar refractivity (Wildman–Crippen MR) is 80.1 cm³/mol. The van der Waals surface area contributed by atoms with Crippen molar-refractivity contribution in [3.8, 4) is 11.5 Å². The first kappa shape index (κ1) is 15.4. The van der Waals surface area contributed by atoms with Gasteiger partial charge in [-0.2, -0.15) is 0 Å². The van der Waals surface area contributed by atoms with Crippen LogP contribution >= 0.6 is 0 Å². The van der Waals surface area contributed by atoms with Crippen LogP contribution in [-0.2, 0) is 4.79 Å². The third-order valence-electron chi connectivity index (χ3n) is 3.92. The summed E-state index contributed by atoms with van der Waals surface area (Å²) in [5, 5.41) is 8.90. The number of carbonyl (C=O) groups is 1. The van der Waals surface area contributed by atoms with Crippen molar-refractivity contribution in [1.82, 2.24) is 0 Å². The van der Waals surface area contributed by atoms with Crippen LogP contribution in [0.3, 0.4) is 0 Å². The van der Waals surface area contributed by atoms with Gasteiger partial charge >= 0.3 is 5.97 Å². The van der Waals surface area contributed by atoms with Crippen molar-refractivity contribution in [2.75, 3.05) is 32.2 Å². The third-order valence-corrected chi connectivity index (χ3v) is 3.92. The fraction of sp³-hybridized carbons (Fsp3) is 0.533. The van der Waals surface area contributed by atoms with Crippen LogP contribution in [0.2, 0.25) is 0 Å². The van der Waals surface area contributed by atoms with Gasteiger partial charge in [-0.25, -0.2) is 0 Å². The van der Waals surface area contributed by atoms with Gasteiger partial charge in [0.15, 0.2) is 0 Å². The molecule has 21 heavy (non-hydrogen) atoms. The van der Waals surface area contributed by atoms with E-state index in [1.54, 1.807) is 14.2 Å². The van der Waals surface area contributed by atoms with Crippen LogP contribution in [0.15, 0.2) is 18.2 Å². The molecule has 0 saturated carbocycles. The number of hydrogen-bond donors (Lipinski definition) is 2. The van der Waals surface area contributed by atoms with E-state index in [1.807, 2.05) is 18.2 Å². The van der Waals surface area contributed by atoms with Crippen molar-refractivity contribution in [3.63, 3.8) is 0 Å². The Labute approximate surface area is 124 Å². The zero-order valence-corrected chi connectivity index (χ0v) is 12.4. The van der Waals surface area contributed by atoms with Crippen molar-refractivity contribution < 1.29 is 19.4 Å². The molecule has 2 atom stereocenters. The highest BCUT2D eigenvalue weighted by atomic mass is 16.5. The Morgan fingerprint density at radius 3 is 2.86 bits per heavy atom. The number of carboxylic acid groups (broad SMARTS) is 1. The fourth-order valence-electron chi connectivity index (χ4n) is 2.75. The summed E-state index contributed by atoms with van der Waals surface area (Å²) in [4.78, 5) is 13.0. The maximum absolute atomic E-state index is 10.8. The predicted octanol–water partition coefficient (Wildman–Crippen LogP) is 1.33. The van der Waals surface area contributed by atoms with Gasteiger partial charge in [-0.1, -0.05) is 0 Å². The number of nitrogens with zero attached hydrogens (tertiary/aromatic N) is 1. The lowest BCUT2D eigenvalue weighted by Crippen LogP contribution is -2.33. The Morgan fingerprint density at radius 2 is 2.24 bits per heavy atom. The number of anilines is 1. The monoisotopic (exact) mass is 294 g/mol. The number of rotatable bonds is 6. The van der Waals surface area contributed by atoms with E-state index in [1.165, 1.54) is 0 Å². The molecule has 0 amide bonds. The molecule has 0 spiro atoms. The minimum Gasteiger partial charge on any atom is -0.497 e. The van der Waals surface area contributed by atoms with Gasteiger partial charge in [0.25, 0.3) is 0 Å². The van der Waals surface area contributed by atoms with Gasteiger partial charge in [0.1, 0.15) is 17.5 Å². The van der Waals surface area contributed by atoms with Gasteiger partial charge < -0.3 is 25.2 Å². The second-order valence-corrected chi connectivity index (χ2v) is 5.32. The van der Waals surface area contributed by atoms with E-state index >= 15 is 0 Å². The number of nitrogens with two attached hydrogens (primary N) is 1. The molecule has 1 heterocycles. The van der Waals surface area contributed by atoms with Gasteiger partial charge in [0.05, 0.1) is 19.9 Å². The van der Waals surface area contributed by atoms with Crippen LogP contribution in [-0.4, -0.2) is 44.4 Å². The van der Waals surface area contributed by atoms with Gasteiger partial charge in [-0.05, 0) is 30.9 Å². The highest BCUT2D eigenvalue weighted by Gasteiger charge is 2.28. The summed E-state index contributed by atoms with van der Waals surface area (Å²) in [7, 11) is 3.27. The molecular weight excluding hydrogens is 272 g/mol. The van der Waals surface area contributed by atoms with E-state index in [0.717, 1.165) is 36.7 Å². The van der Waals surface area contributed by atoms with Gasteiger partial charge in [-0.15, -0.1) is 0 Å². The average molecular weight is 294 g/mol. The molecule has 0 aromatic heterocycles.